The fourth-order valence-electron chi connectivity index (χ4n) is 3.49. The van der Waals surface area contributed by atoms with Crippen molar-refractivity contribution >= 4 is 11.4 Å². The van der Waals surface area contributed by atoms with Crippen LogP contribution in [0.4, 0.5) is 11.4 Å². The van der Waals surface area contributed by atoms with E-state index in [0.29, 0.717) is 31.4 Å². The smallest absolute Gasteiger partial charge is 0.273 e. The Bertz CT molecular complexity index is 726. The number of unbranched alkanes of at least 4 members (excludes halogenated alkanes) is 2. The predicted octanol–water partition coefficient (Wildman–Crippen LogP) is 1.01. The number of aliphatic hydroxyl groups is 4. The second kappa shape index (κ2) is 10.3. The number of azide groups is 1. The number of hydrogen-bond donors (Lipinski definition) is 4. The third-order valence-electron chi connectivity index (χ3n) is 5.03. The summed E-state index contributed by atoms with van der Waals surface area (Å²) in [5, 5.41) is 53.5. The molecule has 0 spiro atoms. The molecule has 0 amide bonds. The summed E-state index contributed by atoms with van der Waals surface area (Å²) in [5.41, 5.74) is 9.10. The fourth-order valence-corrected chi connectivity index (χ4v) is 3.49. The maximum absolute atomic E-state index is 11.2. The zero-order valence-corrected chi connectivity index (χ0v) is 15.3. The van der Waals surface area contributed by atoms with Crippen LogP contribution < -0.4 is 0 Å². The van der Waals surface area contributed by atoms with E-state index in [2.05, 4.69) is 10.0 Å². The Labute approximate surface area is 161 Å². The van der Waals surface area contributed by atoms with E-state index in [4.69, 9.17) is 5.53 Å². The molecule has 11 heteroatoms. The van der Waals surface area contributed by atoms with E-state index in [1.54, 1.807) is 11.0 Å². The standard InChI is InChI=1S/C17H25N5O6/c18-20-19-12-6-5-11(13(8-12)22(27)28)4-2-1-3-7-21-9-15(24)17(26)16(25)14(21)10-23/h5-6,8,14-17,23-26H,1-4,7,9-10H2/t14-,15+,16-,17-/m1/s1. The second-order valence-corrected chi connectivity index (χ2v) is 6.86. The fraction of sp³-hybridized carbons (Fsp3) is 0.647. The van der Waals surface area contributed by atoms with Crippen molar-refractivity contribution in [2.45, 2.75) is 50.0 Å². The maximum Gasteiger partial charge on any atom is 0.273 e. The van der Waals surface area contributed by atoms with E-state index >= 15 is 0 Å². The maximum atomic E-state index is 11.2. The first-order chi connectivity index (χ1) is 13.4. The lowest BCUT2D eigenvalue weighted by molar-refractivity contribution is -0.385. The molecule has 1 aromatic rings. The number of aliphatic hydroxyl groups excluding tert-OH is 4. The van der Waals surface area contributed by atoms with Gasteiger partial charge in [-0.2, -0.15) is 0 Å². The van der Waals surface area contributed by atoms with E-state index in [1.165, 1.54) is 12.1 Å². The zero-order chi connectivity index (χ0) is 20.7. The highest BCUT2D eigenvalue weighted by molar-refractivity contribution is 5.52. The van der Waals surface area contributed by atoms with Gasteiger partial charge < -0.3 is 20.4 Å². The summed E-state index contributed by atoms with van der Waals surface area (Å²) in [6, 6.07) is 3.74. The number of rotatable bonds is 9. The first-order valence-corrected chi connectivity index (χ1v) is 9.10. The van der Waals surface area contributed by atoms with E-state index < -0.39 is 29.3 Å². The van der Waals surface area contributed by atoms with Crippen molar-refractivity contribution in [3.63, 3.8) is 0 Å². The molecule has 0 unspecified atom stereocenters. The van der Waals surface area contributed by atoms with Crippen molar-refractivity contribution in [3.8, 4) is 0 Å². The molecule has 1 aromatic carbocycles. The van der Waals surface area contributed by atoms with Crippen LogP contribution in [0.1, 0.15) is 24.8 Å². The lowest BCUT2D eigenvalue weighted by atomic mass is 9.94. The molecule has 0 radical (unpaired) electrons. The molecule has 0 saturated carbocycles. The molecule has 4 atom stereocenters. The molecule has 1 heterocycles. The van der Waals surface area contributed by atoms with Gasteiger partial charge in [0.2, 0.25) is 0 Å². The van der Waals surface area contributed by atoms with Crippen LogP contribution in [0.15, 0.2) is 23.3 Å². The number of benzene rings is 1. The molecule has 1 saturated heterocycles. The van der Waals surface area contributed by atoms with Crippen LogP contribution in [0.25, 0.3) is 10.4 Å². The van der Waals surface area contributed by atoms with Crippen molar-refractivity contribution < 1.29 is 25.3 Å². The molecule has 1 aliphatic rings. The van der Waals surface area contributed by atoms with E-state index in [-0.39, 0.29) is 24.5 Å². The molecule has 4 N–H and O–H groups in total. The van der Waals surface area contributed by atoms with Crippen LogP contribution in [-0.4, -0.2) is 74.3 Å². The van der Waals surface area contributed by atoms with Gasteiger partial charge in [-0.15, -0.1) is 0 Å². The van der Waals surface area contributed by atoms with Gasteiger partial charge in [0.25, 0.3) is 5.69 Å². The number of nitro benzene ring substituents is 1. The van der Waals surface area contributed by atoms with Crippen LogP contribution in [0.3, 0.4) is 0 Å². The molecule has 154 valence electrons. The lowest BCUT2D eigenvalue weighted by Gasteiger charge is -2.43. The highest BCUT2D eigenvalue weighted by atomic mass is 16.6. The molecule has 0 aliphatic carbocycles. The van der Waals surface area contributed by atoms with Crippen LogP contribution in [0, 0.1) is 10.1 Å². The average molecular weight is 395 g/mol. The summed E-state index contributed by atoms with van der Waals surface area (Å²) in [5.74, 6) is 0. The first-order valence-electron chi connectivity index (χ1n) is 9.10. The third kappa shape index (κ3) is 5.38. The minimum absolute atomic E-state index is 0.0819. The second-order valence-electron chi connectivity index (χ2n) is 6.86. The minimum atomic E-state index is -1.28. The van der Waals surface area contributed by atoms with Crippen LogP contribution >= 0.6 is 0 Å². The summed E-state index contributed by atoms with van der Waals surface area (Å²) < 4.78 is 0. The number of β-amino-alcohol motifs (C(OH)–C–C–N with tert-alkyl or cyclic N) is 1. The van der Waals surface area contributed by atoms with Gasteiger partial charge in [-0.3, -0.25) is 15.0 Å². The topological polar surface area (TPSA) is 176 Å². The summed E-state index contributed by atoms with van der Waals surface area (Å²) in [4.78, 5) is 15.1. The van der Waals surface area contributed by atoms with Gasteiger partial charge in [0.05, 0.1) is 23.7 Å². The van der Waals surface area contributed by atoms with E-state index in [0.717, 1.165) is 6.42 Å². The summed E-state index contributed by atoms with van der Waals surface area (Å²) in [6.45, 7) is 0.356. The molecular formula is C17H25N5O6. The van der Waals surface area contributed by atoms with E-state index in [9.17, 15) is 30.5 Å². The highest BCUT2D eigenvalue weighted by Crippen LogP contribution is 2.27. The number of hydrogen-bond acceptors (Lipinski definition) is 8. The normalized spacial score (nSPS) is 25.3. The largest absolute Gasteiger partial charge is 0.395 e. The average Bonchev–Trinajstić information content (AvgIpc) is 2.67. The molecule has 2 rings (SSSR count). The monoisotopic (exact) mass is 395 g/mol. The molecule has 11 nitrogen and oxygen atoms in total. The molecular weight excluding hydrogens is 370 g/mol. The lowest BCUT2D eigenvalue weighted by Crippen LogP contribution is -2.62. The van der Waals surface area contributed by atoms with Crippen LogP contribution in [0.2, 0.25) is 0 Å². The van der Waals surface area contributed by atoms with Crippen molar-refractivity contribution in [2.75, 3.05) is 19.7 Å². The summed E-state index contributed by atoms with van der Waals surface area (Å²) in [6.07, 6.45) is -0.939. The molecule has 28 heavy (non-hydrogen) atoms. The van der Waals surface area contributed by atoms with Gasteiger partial charge in [0.1, 0.15) is 12.2 Å². The molecule has 0 aromatic heterocycles. The third-order valence-corrected chi connectivity index (χ3v) is 5.03. The van der Waals surface area contributed by atoms with Gasteiger partial charge in [-0.1, -0.05) is 23.7 Å². The van der Waals surface area contributed by atoms with Crippen LogP contribution in [-0.2, 0) is 6.42 Å². The van der Waals surface area contributed by atoms with Gasteiger partial charge in [0.15, 0.2) is 0 Å². The van der Waals surface area contributed by atoms with Gasteiger partial charge >= 0.3 is 0 Å². The van der Waals surface area contributed by atoms with Crippen molar-refractivity contribution in [1.29, 1.82) is 0 Å². The Morgan fingerprint density at radius 1 is 1.25 bits per heavy atom. The first kappa shape index (κ1) is 22.0. The number of likely N-dealkylation sites (tertiary alicyclic amines) is 1. The van der Waals surface area contributed by atoms with Gasteiger partial charge in [-0.05, 0) is 31.3 Å². The predicted molar refractivity (Wildman–Crippen MR) is 99.9 cm³/mol. The van der Waals surface area contributed by atoms with Gasteiger partial charge in [0, 0.05) is 28.8 Å². The summed E-state index contributed by atoms with van der Waals surface area (Å²) in [7, 11) is 0. The molecule has 0 bridgehead atoms. The highest BCUT2D eigenvalue weighted by Gasteiger charge is 2.40. The number of nitro groups is 1. The Hall–Kier alpha value is -2.27. The molecule has 1 fully saturated rings. The number of aryl methyl sites for hydroxylation is 1. The Morgan fingerprint density at radius 3 is 2.64 bits per heavy atom. The Kier molecular flexibility index (Phi) is 8.12. The Balaban J connectivity index is 1.86. The molecule has 1 aliphatic heterocycles. The summed E-state index contributed by atoms with van der Waals surface area (Å²) >= 11 is 0. The number of nitrogens with zero attached hydrogens (tertiary/aromatic N) is 5. The van der Waals surface area contributed by atoms with Crippen molar-refractivity contribution in [1.82, 2.24) is 4.90 Å². The SMILES string of the molecule is [N-]=[N+]=Nc1ccc(CCCCCN2C[C@H](O)[C@@H](O)[C@H](O)[C@H]2CO)c([N+](=O)[O-])c1. The quantitative estimate of drug-likeness (QED) is 0.120. The van der Waals surface area contributed by atoms with Crippen LogP contribution in [0.5, 0.6) is 0 Å². The minimum Gasteiger partial charge on any atom is -0.395 e. The van der Waals surface area contributed by atoms with Crippen molar-refractivity contribution in [3.05, 3.63) is 44.3 Å². The zero-order valence-electron chi connectivity index (χ0n) is 15.3. The van der Waals surface area contributed by atoms with Crippen molar-refractivity contribution in [2.24, 2.45) is 5.11 Å². The Morgan fingerprint density at radius 2 is 2.00 bits per heavy atom. The van der Waals surface area contributed by atoms with E-state index in [1.807, 2.05) is 0 Å². The number of piperidine rings is 1. The van der Waals surface area contributed by atoms with Gasteiger partial charge in [-0.25, -0.2) is 0 Å².